The van der Waals surface area contributed by atoms with Crippen LogP contribution in [0.15, 0.2) is 54.6 Å². The van der Waals surface area contributed by atoms with Crippen LogP contribution >= 0.6 is 11.8 Å². The molecule has 2 aliphatic heterocycles. The number of methoxy groups -OCH3 is 2. The molecule has 2 heterocycles. The first kappa shape index (κ1) is 48.0. The number of benzene rings is 2. The van der Waals surface area contributed by atoms with Gasteiger partial charge in [-0.25, -0.2) is 0 Å². The summed E-state index contributed by atoms with van der Waals surface area (Å²) in [5.41, 5.74) is 8.73. The maximum Gasteiger partial charge on any atom is 0.242 e. The number of amides is 4. The van der Waals surface area contributed by atoms with Crippen molar-refractivity contribution in [1.82, 2.24) is 30.7 Å². The van der Waals surface area contributed by atoms with E-state index < -0.39 is 30.2 Å². The molecule has 13 nitrogen and oxygen atoms in total. The van der Waals surface area contributed by atoms with Crippen molar-refractivity contribution in [3.8, 4) is 0 Å². The van der Waals surface area contributed by atoms with Gasteiger partial charge in [0, 0.05) is 52.3 Å². The minimum Gasteiger partial charge on any atom is -0.399 e. The zero-order chi connectivity index (χ0) is 43.2. The van der Waals surface area contributed by atoms with E-state index in [0.29, 0.717) is 31.6 Å². The maximum atomic E-state index is 14.3. The summed E-state index contributed by atoms with van der Waals surface area (Å²) in [5.74, 6) is -0.230. The lowest BCUT2D eigenvalue weighted by Gasteiger charge is -2.39. The normalized spacial score (nSPS) is 20.4. The number of nitrogen functional groups attached to an aromatic ring is 1. The Balaban J connectivity index is 1.40. The Morgan fingerprint density at radius 1 is 0.966 bits per heavy atom. The molecular formula is C45H71N7O6S. The van der Waals surface area contributed by atoms with E-state index in [9.17, 15) is 19.2 Å². The number of nitrogens with one attached hydrogen (secondary N) is 3. The molecule has 2 aliphatic rings. The highest BCUT2D eigenvalue weighted by Crippen LogP contribution is 2.30. The van der Waals surface area contributed by atoms with Crippen LogP contribution in [-0.4, -0.2) is 134 Å². The lowest BCUT2D eigenvalue weighted by molar-refractivity contribution is -0.146. The zero-order valence-corrected chi connectivity index (χ0v) is 37.6. The molecule has 2 aromatic carbocycles. The van der Waals surface area contributed by atoms with E-state index in [1.165, 1.54) is 0 Å². The third-order valence-electron chi connectivity index (χ3n) is 12.2. The van der Waals surface area contributed by atoms with Crippen molar-refractivity contribution >= 4 is 41.1 Å². The van der Waals surface area contributed by atoms with E-state index in [2.05, 4.69) is 41.9 Å². The number of nitrogens with two attached hydrogens (primary N) is 1. The maximum absolute atomic E-state index is 14.3. The number of carbonyl (C=O) groups is 4. The first-order chi connectivity index (χ1) is 28.2. The molecular weight excluding hydrogens is 767 g/mol. The van der Waals surface area contributed by atoms with Crippen LogP contribution in [-0.2, 0) is 41.6 Å². The number of nitrogens with zero attached hydrogens (tertiary/aromatic N) is 3. The average molecular weight is 838 g/mol. The van der Waals surface area contributed by atoms with Crippen LogP contribution in [0.2, 0.25) is 0 Å². The first-order valence-corrected chi connectivity index (χ1v) is 22.4. The molecule has 2 aromatic rings. The third kappa shape index (κ3) is 13.1. The standard InChI is InChI=1S/C45H71N7O6S/c1-10-30(4)41(51(7)39(54)27-48-44(56)40(29(2)3)50(6)28-33-18-20-34(46)21-19-33)37(57-8)26-38(53)52-23-14-17-36(52)42(58-9)31(5)43(55)49-35(45-47-22-24-59-45)25-32-15-12-11-13-16-32/h11-13,15-16,18-21,29-31,35-37,40-42,45,47H,10,14,17,22-28,46H2,1-9H3,(H,48,56)(H,49,55)/t30-,31+,35-,36-,37+,40-,41-,42+,45?/m0/s1. The number of rotatable bonds is 22. The van der Waals surface area contributed by atoms with Gasteiger partial charge in [0.15, 0.2) is 0 Å². The zero-order valence-electron chi connectivity index (χ0n) is 36.8. The fourth-order valence-electron chi connectivity index (χ4n) is 8.86. The Morgan fingerprint density at radius 2 is 1.66 bits per heavy atom. The van der Waals surface area contributed by atoms with Gasteiger partial charge in [-0.15, -0.1) is 11.8 Å². The highest BCUT2D eigenvalue weighted by molar-refractivity contribution is 8.00. The van der Waals surface area contributed by atoms with Crippen LogP contribution in [0.3, 0.4) is 0 Å². The van der Waals surface area contributed by atoms with E-state index in [1.54, 1.807) is 26.2 Å². The van der Waals surface area contributed by atoms with Gasteiger partial charge in [-0.2, -0.15) is 0 Å². The third-order valence-corrected chi connectivity index (χ3v) is 13.5. The fraction of sp³-hybridized carbons (Fsp3) is 0.644. The van der Waals surface area contributed by atoms with Crippen LogP contribution in [0.4, 0.5) is 5.69 Å². The average Bonchev–Trinajstić information content (AvgIpc) is 3.94. The van der Waals surface area contributed by atoms with E-state index >= 15 is 0 Å². The molecule has 5 N–H and O–H groups in total. The molecule has 2 saturated heterocycles. The summed E-state index contributed by atoms with van der Waals surface area (Å²) in [6.45, 7) is 11.8. The highest BCUT2D eigenvalue weighted by Gasteiger charge is 2.43. The summed E-state index contributed by atoms with van der Waals surface area (Å²) in [6, 6.07) is 16.5. The van der Waals surface area contributed by atoms with Crippen LogP contribution in [0, 0.1) is 17.8 Å². The number of carbonyl (C=O) groups excluding carboxylic acids is 4. The van der Waals surface area contributed by atoms with Crippen LogP contribution in [0.1, 0.15) is 71.4 Å². The number of ether oxygens (including phenoxy) is 2. The Kier molecular flexibility index (Phi) is 19.0. The highest BCUT2D eigenvalue weighted by atomic mass is 32.2. The Labute approximate surface area is 357 Å². The summed E-state index contributed by atoms with van der Waals surface area (Å²) in [5, 5.41) is 9.88. The minimum atomic E-state index is -0.602. The van der Waals surface area contributed by atoms with Crippen LogP contribution < -0.4 is 21.7 Å². The lowest BCUT2D eigenvalue weighted by atomic mass is 9.90. The molecule has 0 saturated carbocycles. The summed E-state index contributed by atoms with van der Waals surface area (Å²) >= 11 is 1.82. The SMILES string of the molecule is CC[C@H](C)[C@@H]([C@@H](CC(=O)N1CCC[C@H]1[C@H](OC)[C@@H](C)C(=O)N[C@@H](Cc1ccccc1)C1NCCS1)OC)N(C)C(=O)CNC(=O)[C@H](C(C)C)N(C)Cc1ccc(N)cc1. The molecule has 0 aromatic heterocycles. The Bertz CT molecular complexity index is 1630. The molecule has 2 fully saturated rings. The topological polar surface area (TPSA) is 159 Å². The van der Waals surface area contributed by atoms with Crippen molar-refractivity contribution < 1.29 is 28.7 Å². The molecule has 0 spiro atoms. The van der Waals surface area contributed by atoms with Gasteiger partial charge in [-0.3, -0.25) is 24.1 Å². The van der Waals surface area contributed by atoms with Gasteiger partial charge in [0.25, 0.3) is 0 Å². The van der Waals surface area contributed by atoms with Crippen molar-refractivity contribution in [2.24, 2.45) is 17.8 Å². The van der Waals surface area contributed by atoms with Gasteiger partial charge >= 0.3 is 0 Å². The second kappa shape index (κ2) is 23.3. The van der Waals surface area contributed by atoms with Gasteiger partial charge in [-0.05, 0) is 61.4 Å². The number of likely N-dealkylation sites (N-methyl/N-ethyl adjacent to an activating group) is 2. The van der Waals surface area contributed by atoms with E-state index in [4.69, 9.17) is 15.2 Å². The number of hydrogen-bond acceptors (Lipinski definition) is 10. The van der Waals surface area contributed by atoms with Gasteiger partial charge in [0.1, 0.15) is 0 Å². The van der Waals surface area contributed by atoms with Gasteiger partial charge in [-0.1, -0.05) is 83.5 Å². The van der Waals surface area contributed by atoms with Crippen molar-refractivity contribution in [3.05, 3.63) is 65.7 Å². The van der Waals surface area contributed by atoms with Crippen molar-refractivity contribution in [1.29, 1.82) is 0 Å². The van der Waals surface area contributed by atoms with E-state index in [1.807, 2.05) is 91.8 Å². The quantitative estimate of drug-likeness (QED) is 0.127. The second-order valence-corrected chi connectivity index (χ2v) is 18.0. The molecule has 0 bridgehead atoms. The number of anilines is 1. The molecule has 9 atom stereocenters. The number of hydrogen-bond donors (Lipinski definition) is 4. The largest absolute Gasteiger partial charge is 0.399 e. The monoisotopic (exact) mass is 838 g/mol. The first-order valence-electron chi connectivity index (χ1n) is 21.3. The van der Waals surface area contributed by atoms with Crippen molar-refractivity contribution in [2.45, 2.75) is 115 Å². The summed E-state index contributed by atoms with van der Waals surface area (Å²) in [7, 11) is 6.81. The number of thioether (sulfide) groups is 1. The molecule has 4 rings (SSSR count). The van der Waals surface area contributed by atoms with Gasteiger partial charge in [0.05, 0.1) is 60.6 Å². The van der Waals surface area contributed by atoms with Crippen LogP contribution in [0.5, 0.6) is 0 Å². The predicted octanol–water partition coefficient (Wildman–Crippen LogP) is 4.15. The van der Waals surface area contributed by atoms with E-state index in [0.717, 1.165) is 36.3 Å². The molecule has 0 aliphatic carbocycles. The van der Waals surface area contributed by atoms with E-state index in [-0.39, 0.29) is 65.9 Å². The minimum absolute atomic E-state index is 0.00646. The van der Waals surface area contributed by atoms with Gasteiger partial charge < -0.3 is 41.0 Å². The second-order valence-electron chi connectivity index (χ2n) is 16.8. The Morgan fingerprint density at radius 3 is 2.25 bits per heavy atom. The molecule has 4 amide bonds. The smallest absolute Gasteiger partial charge is 0.242 e. The predicted molar refractivity (Wildman–Crippen MR) is 236 cm³/mol. The van der Waals surface area contributed by atoms with Crippen LogP contribution in [0.25, 0.3) is 0 Å². The molecule has 14 heteroatoms. The summed E-state index contributed by atoms with van der Waals surface area (Å²) in [6.07, 6.45) is 1.90. The lowest BCUT2D eigenvalue weighted by Crippen LogP contribution is -2.56. The molecule has 0 radical (unpaired) electrons. The molecule has 59 heavy (non-hydrogen) atoms. The fourth-order valence-corrected chi connectivity index (χ4v) is 9.98. The van der Waals surface area contributed by atoms with Gasteiger partial charge in [0.2, 0.25) is 23.6 Å². The van der Waals surface area contributed by atoms with Crippen molar-refractivity contribution in [3.63, 3.8) is 0 Å². The number of likely N-dealkylation sites (tertiary alicyclic amines) is 1. The molecule has 1 unspecified atom stereocenters. The molecule has 328 valence electrons. The summed E-state index contributed by atoms with van der Waals surface area (Å²) < 4.78 is 12.1. The van der Waals surface area contributed by atoms with Crippen molar-refractivity contribution in [2.75, 3.05) is 59.4 Å². The Hall–Kier alpha value is -3.69. The summed E-state index contributed by atoms with van der Waals surface area (Å²) in [4.78, 5) is 61.1.